The average Bonchev–Trinajstić information content (AvgIpc) is 3.16. The number of hydrogen-bond donors (Lipinski definition) is 0. The van der Waals surface area contributed by atoms with Crippen LogP contribution in [0.25, 0.3) is 11.4 Å². The van der Waals surface area contributed by atoms with E-state index in [9.17, 15) is 18.0 Å². The molecule has 6 nitrogen and oxygen atoms in total. The third kappa shape index (κ3) is 3.27. The molecule has 2 aliphatic heterocycles. The number of pyridine rings is 1. The quantitative estimate of drug-likeness (QED) is 0.568. The summed E-state index contributed by atoms with van der Waals surface area (Å²) in [5.41, 5.74) is -0.335. The Hall–Kier alpha value is -2.94. The van der Waals surface area contributed by atoms with Crippen molar-refractivity contribution in [1.82, 2.24) is 24.6 Å². The second-order valence-corrected chi connectivity index (χ2v) is 8.09. The van der Waals surface area contributed by atoms with E-state index in [0.29, 0.717) is 24.6 Å². The van der Waals surface area contributed by atoms with Crippen LogP contribution in [0.15, 0.2) is 42.7 Å². The van der Waals surface area contributed by atoms with Crippen LogP contribution in [0.3, 0.4) is 0 Å². The second-order valence-electron chi connectivity index (χ2n) is 7.71. The number of piperidine rings is 1. The van der Waals surface area contributed by atoms with E-state index in [0.717, 1.165) is 24.5 Å². The first-order chi connectivity index (χ1) is 14.9. The van der Waals surface area contributed by atoms with Gasteiger partial charge in [0, 0.05) is 24.5 Å². The van der Waals surface area contributed by atoms with Crippen LogP contribution in [0.1, 0.15) is 47.1 Å². The molecule has 10 heteroatoms. The Morgan fingerprint density at radius 2 is 1.97 bits per heavy atom. The van der Waals surface area contributed by atoms with Gasteiger partial charge in [0.1, 0.15) is 0 Å². The van der Waals surface area contributed by atoms with Gasteiger partial charge in [0.05, 0.1) is 28.2 Å². The van der Waals surface area contributed by atoms with Gasteiger partial charge in [0.25, 0.3) is 5.91 Å². The molecule has 160 valence electrons. The molecule has 2 aliphatic rings. The largest absolute Gasteiger partial charge is 0.417 e. The summed E-state index contributed by atoms with van der Waals surface area (Å²) in [6, 6.07) is 6.58. The molecule has 2 aromatic heterocycles. The number of fused-ring (bicyclic) bond motifs is 4. The highest BCUT2D eigenvalue weighted by atomic mass is 35.5. The predicted molar refractivity (Wildman–Crippen MR) is 106 cm³/mol. The normalized spacial score (nSPS) is 20.5. The Balaban J connectivity index is 1.55. The molecule has 0 saturated carbocycles. The van der Waals surface area contributed by atoms with Crippen LogP contribution in [0.4, 0.5) is 13.2 Å². The molecular formula is C21H17ClF3N5O. The third-order valence-electron chi connectivity index (χ3n) is 5.90. The molecule has 0 radical (unpaired) electrons. The van der Waals surface area contributed by atoms with Crippen molar-refractivity contribution < 1.29 is 18.0 Å². The maximum atomic E-state index is 13.4. The zero-order chi connectivity index (χ0) is 21.8. The SMILES string of the molecule is O=C(c1cccc(C(F)(F)F)c1Cl)N1C2CCCC1c1nnc(-c3cccnc3)n1C2. The molecular weight excluding hydrogens is 431 g/mol. The van der Waals surface area contributed by atoms with Crippen LogP contribution in [0.5, 0.6) is 0 Å². The lowest BCUT2D eigenvalue weighted by atomic mass is 9.90. The van der Waals surface area contributed by atoms with Gasteiger partial charge in [-0.3, -0.25) is 9.78 Å². The van der Waals surface area contributed by atoms with Gasteiger partial charge in [0.2, 0.25) is 0 Å². The summed E-state index contributed by atoms with van der Waals surface area (Å²) in [5, 5.41) is 8.09. The summed E-state index contributed by atoms with van der Waals surface area (Å²) < 4.78 is 41.9. The average molecular weight is 448 g/mol. The third-order valence-corrected chi connectivity index (χ3v) is 6.31. The van der Waals surface area contributed by atoms with Crippen molar-refractivity contribution >= 4 is 17.5 Å². The van der Waals surface area contributed by atoms with Gasteiger partial charge >= 0.3 is 6.18 Å². The van der Waals surface area contributed by atoms with Gasteiger partial charge in [-0.15, -0.1) is 10.2 Å². The number of rotatable bonds is 2. The Kier molecular flexibility index (Phi) is 4.73. The number of aromatic nitrogens is 4. The number of amides is 1. The van der Waals surface area contributed by atoms with Crippen molar-refractivity contribution in [3.8, 4) is 11.4 Å². The van der Waals surface area contributed by atoms with Crippen molar-refractivity contribution in [3.63, 3.8) is 0 Å². The highest BCUT2D eigenvalue weighted by Crippen LogP contribution is 2.42. The van der Waals surface area contributed by atoms with Crippen LogP contribution >= 0.6 is 11.6 Å². The Morgan fingerprint density at radius 1 is 1.13 bits per heavy atom. The molecule has 4 heterocycles. The minimum atomic E-state index is -4.63. The van der Waals surface area contributed by atoms with Crippen LogP contribution in [0, 0.1) is 0 Å². The van der Waals surface area contributed by atoms with Gasteiger partial charge in [-0.1, -0.05) is 17.7 Å². The molecule has 1 amide bonds. The predicted octanol–water partition coefficient (Wildman–Crippen LogP) is 4.76. The summed E-state index contributed by atoms with van der Waals surface area (Å²) in [5.74, 6) is 0.790. The summed E-state index contributed by atoms with van der Waals surface area (Å²) in [6.07, 6.45) is 1.03. The molecule has 3 aromatic rings. The number of alkyl halides is 3. The fourth-order valence-corrected chi connectivity index (χ4v) is 4.85. The van der Waals surface area contributed by atoms with E-state index in [-0.39, 0.29) is 17.6 Å². The van der Waals surface area contributed by atoms with Crippen LogP contribution < -0.4 is 0 Å². The molecule has 2 unspecified atom stereocenters. The number of hydrogen-bond acceptors (Lipinski definition) is 4. The maximum absolute atomic E-state index is 13.4. The Bertz CT molecular complexity index is 1150. The number of nitrogens with zero attached hydrogens (tertiary/aromatic N) is 5. The number of carbonyl (C=O) groups is 1. The van der Waals surface area contributed by atoms with E-state index < -0.39 is 22.7 Å². The standard InChI is InChI=1S/C21H17ClF3N5O/c22-17-14(6-2-7-15(17)21(23,24)25)20(31)30-13-5-1-8-16(30)19-28-27-18(29(19)11-13)12-4-3-9-26-10-12/h2-4,6-7,9-10,13,16H,1,5,8,11H2. The van der Waals surface area contributed by atoms with Gasteiger partial charge < -0.3 is 9.47 Å². The first-order valence-corrected chi connectivity index (χ1v) is 10.3. The fourth-order valence-electron chi connectivity index (χ4n) is 4.54. The van der Waals surface area contributed by atoms with Crippen molar-refractivity contribution in [1.29, 1.82) is 0 Å². The summed E-state index contributed by atoms with van der Waals surface area (Å²) >= 11 is 6.04. The number of halogens is 4. The van der Waals surface area contributed by atoms with Crippen molar-refractivity contribution in [2.24, 2.45) is 0 Å². The van der Waals surface area contributed by atoms with Gasteiger partial charge in [0.15, 0.2) is 11.6 Å². The molecule has 5 rings (SSSR count). The first kappa shape index (κ1) is 20.0. The lowest BCUT2D eigenvalue weighted by Gasteiger charge is -2.45. The lowest BCUT2D eigenvalue weighted by Crippen LogP contribution is -2.52. The summed E-state index contributed by atoms with van der Waals surface area (Å²) in [7, 11) is 0. The molecule has 2 bridgehead atoms. The van der Waals surface area contributed by atoms with E-state index in [2.05, 4.69) is 15.2 Å². The van der Waals surface area contributed by atoms with Crippen molar-refractivity contribution in [3.05, 3.63) is 64.7 Å². The zero-order valence-corrected chi connectivity index (χ0v) is 16.9. The van der Waals surface area contributed by atoms with E-state index in [1.54, 1.807) is 17.3 Å². The lowest BCUT2D eigenvalue weighted by molar-refractivity contribution is -0.137. The van der Waals surface area contributed by atoms with Crippen LogP contribution in [0.2, 0.25) is 5.02 Å². The fraction of sp³-hybridized carbons (Fsp3) is 0.333. The summed E-state index contributed by atoms with van der Waals surface area (Å²) in [4.78, 5) is 19.2. The molecule has 2 atom stereocenters. The molecule has 0 N–H and O–H groups in total. The van der Waals surface area contributed by atoms with Gasteiger partial charge in [-0.2, -0.15) is 13.2 Å². The smallest absolute Gasteiger partial charge is 0.324 e. The zero-order valence-electron chi connectivity index (χ0n) is 16.2. The number of benzene rings is 1. The molecule has 1 fully saturated rings. The molecule has 31 heavy (non-hydrogen) atoms. The molecule has 1 aromatic carbocycles. The first-order valence-electron chi connectivity index (χ1n) is 9.88. The van der Waals surface area contributed by atoms with Crippen molar-refractivity contribution in [2.75, 3.05) is 0 Å². The van der Waals surface area contributed by atoms with Crippen LogP contribution in [-0.4, -0.2) is 36.6 Å². The van der Waals surface area contributed by atoms with Crippen LogP contribution in [-0.2, 0) is 12.7 Å². The Labute approximate surface area is 180 Å². The van der Waals surface area contributed by atoms with Gasteiger partial charge in [-0.05, 0) is 43.5 Å². The number of carbonyl (C=O) groups excluding carboxylic acids is 1. The van der Waals surface area contributed by atoms with Crippen molar-refractivity contribution in [2.45, 2.75) is 44.1 Å². The molecule has 0 spiro atoms. The topological polar surface area (TPSA) is 63.9 Å². The van der Waals surface area contributed by atoms with Gasteiger partial charge in [-0.25, -0.2) is 0 Å². The van der Waals surface area contributed by atoms with E-state index in [1.807, 2.05) is 16.7 Å². The monoisotopic (exact) mass is 447 g/mol. The minimum absolute atomic E-state index is 0.145. The van der Waals surface area contributed by atoms with E-state index in [4.69, 9.17) is 11.6 Å². The van der Waals surface area contributed by atoms with E-state index >= 15 is 0 Å². The highest BCUT2D eigenvalue weighted by molar-refractivity contribution is 6.34. The maximum Gasteiger partial charge on any atom is 0.417 e. The Morgan fingerprint density at radius 3 is 2.71 bits per heavy atom. The molecule has 0 aliphatic carbocycles. The summed E-state index contributed by atoms with van der Waals surface area (Å²) in [6.45, 7) is 0.464. The molecule has 1 saturated heterocycles. The van der Waals surface area contributed by atoms with E-state index in [1.165, 1.54) is 12.1 Å². The minimum Gasteiger partial charge on any atom is -0.324 e. The highest BCUT2D eigenvalue weighted by Gasteiger charge is 2.44. The second kappa shape index (κ2) is 7.33.